The summed E-state index contributed by atoms with van der Waals surface area (Å²) >= 11 is 0. The normalized spacial score (nSPS) is 9.00. The van der Waals surface area contributed by atoms with Crippen LogP contribution >= 0.6 is 0 Å². The van der Waals surface area contributed by atoms with E-state index in [-0.39, 0.29) is 0 Å². The fourth-order valence-electron chi connectivity index (χ4n) is 1.18. The van der Waals surface area contributed by atoms with Crippen LogP contribution in [0.1, 0.15) is 26.0 Å². The maximum absolute atomic E-state index is 4.23. The molecule has 0 aliphatic carbocycles. The highest BCUT2D eigenvalue weighted by Gasteiger charge is 1.93. The van der Waals surface area contributed by atoms with Crippen molar-refractivity contribution in [3.8, 4) is 11.8 Å². The number of rotatable bonds is 4. The van der Waals surface area contributed by atoms with Crippen LogP contribution in [0.2, 0.25) is 0 Å². The van der Waals surface area contributed by atoms with Gasteiger partial charge in [-0.15, -0.1) is 11.8 Å². The van der Waals surface area contributed by atoms with Crippen molar-refractivity contribution in [3.63, 3.8) is 0 Å². The Bertz CT molecular complexity index is 334. The van der Waals surface area contributed by atoms with E-state index in [0.717, 1.165) is 30.8 Å². The van der Waals surface area contributed by atoms with Gasteiger partial charge in [0, 0.05) is 30.5 Å². The maximum Gasteiger partial charge on any atom is 0.0421 e. The van der Waals surface area contributed by atoms with E-state index in [9.17, 15) is 0 Å². The molecule has 0 spiro atoms. The maximum atomic E-state index is 4.23. The molecule has 0 bridgehead atoms. The molecule has 1 heterocycles. The number of hydrogen-bond acceptors (Lipinski definition) is 2. The predicted octanol–water partition coefficient (Wildman–Crippen LogP) is 2.47. The number of hydrogen-bond donors (Lipinski definition) is 1. The molecule has 2 heteroatoms. The van der Waals surface area contributed by atoms with Crippen molar-refractivity contribution >= 4 is 5.69 Å². The lowest BCUT2D eigenvalue weighted by Crippen LogP contribution is -2.01. The minimum absolute atomic E-state index is 0.889. The third kappa shape index (κ3) is 3.49. The quantitative estimate of drug-likeness (QED) is 0.580. The molecule has 1 aromatic rings. The smallest absolute Gasteiger partial charge is 0.0421 e. The molecule has 0 unspecified atom stereocenters. The van der Waals surface area contributed by atoms with Crippen molar-refractivity contribution < 1.29 is 0 Å². The summed E-state index contributed by atoms with van der Waals surface area (Å²) in [6.45, 7) is 4.87. The molecule has 1 rings (SSSR count). The molecule has 0 fully saturated rings. The second-order valence-corrected chi connectivity index (χ2v) is 2.99. The minimum atomic E-state index is 0.889. The lowest BCUT2D eigenvalue weighted by molar-refractivity contribution is 1.03. The predicted molar refractivity (Wildman–Crippen MR) is 60.2 cm³/mol. The van der Waals surface area contributed by atoms with Crippen LogP contribution in [-0.4, -0.2) is 11.5 Å². The van der Waals surface area contributed by atoms with E-state index in [1.165, 1.54) is 0 Å². The third-order valence-electron chi connectivity index (χ3n) is 1.93. The highest BCUT2D eigenvalue weighted by molar-refractivity contribution is 5.43. The zero-order valence-corrected chi connectivity index (χ0v) is 8.80. The van der Waals surface area contributed by atoms with E-state index < -0.39 is 0 Å². The van der Waals surface area contributed by atoms with Gasteiger partial charge in [-0.05, 0) is 25.5 Å². The highest BCUT2D eigenvalue weighted by atomic mass is 14.9. The van der Waals surface area contributed by atoms with Gasteiger partial charge < -0.3 is 5.32 Å². The number of pyridine rings is 1. The summed E-state index contributed by atoms with van der Waals surface area (Å²) < 4.78 is 0. The molecule has 0 aliphatic heterocycles. The molecule has 14 heavy (non-hydrogen) atoms. The van der Waals surface area contributed by atoms with Gasteiger partial charge in [-0.2, -0.15) is 0 Å². The standard InChI is InChI=1S/C12H16N2/c1-3-5-6-8-13-12-7-9-14-11(4-2)10-12/h7,9-10H,4,6,8H2,1-2H3,(H,13,14). The Balaban J connectivity index is 2.44. The van der Waals surface area contributed by atoms with Crippen LogP contribution in [0.25, 0.3) is 0 Å². The summed E-state index contributed by atoms with van der Waals surface area (Å²) in [5.41, 5.74) is 2.26. The van der Waals surface area contributed by atoms with Crippen molar-refractivity contribution in [2.45, 2.75) is 26.7 Å². The topological polar surface area (TPSA) is 24.9 Å². The zero-order valence-electron chi connectivity index (χ0n) is 8.80. The molecule has 0 aliphatic rings. The van der Waals surface area contributed by atoms with Gasteiger partial charge in [0.05, 0.1) is 0 Å². The first-order valence-corrected chi connectivity index (χ1v) is 4.95. The number of aromatic nitrogens is 1. The Morgan fingerprint density at radius 1 is 1.50 bits per heavy atom. The van der Waals surface area contributed by atoms with Crippen molar-refractivity contribution in [2.75, 3.05) is 11.9 Å². The first-order chi connectivity index (χ1) is 6.86. The van der Waals surface area contributed by atoms with Gasteiger partial charge in [0.1, 0.15) is 0 Å². The molecule has 0 saturated heterocycles. The molecule has 0 radical (unpaired) electrons. The molecule has 0 saturated carbocycles. The summed E-state index contributed by atoms with van der Waals surface area (Å²) in [6.07, 6.45) is 3.71. The van der Waals surface area contributed by atoms with Gasteiger partial charge in [0.2, 0.25) is 0 Å². The lowest BCUT2D eigenvalue weighted by atomic mass is 10.2. The molecule has 0 aromatic carbocycles. The van der Waals surface area contributed by atoms with Crippen LogP contribution < -0.4 is 5.32 Å². The monoisotopic (exact) mass is 188 g/mol. The van der Waals surface area contributed by atoms with E-state index >= 15 is 0 Å². The second-order valence-electron chi connectivity index (χ2n) is 2.99. The molecule has 1 aromatic heterocycles. The van der Waals surface area contributed by atoms with Crippen LogP contribution in [0.15, 0.2) is 18.3 Å². The van der Waals surface area contributed by atoms with E-state index in [1.807, 2.05) is 19.2 Å². The van der Waals surface area contributed by atoms with Crippen LogP contribution in [0.4, 0.5) is 5.69 Å². The Morgan fingerprint density at radius 2 is 2.36 bits per heavy atom. The zero-order chi connectivity index (χ0) is 10.2. The summed E-state index contributed by atoms with van der Waals surface area (Å²) in [4.78, 5) is 4.23. The van der Waals surface area contributed by atoms with E-state index in [1.54, 1.807) is 0 Å². The fraction of sp³-hybridized carbons (Fsp3) is 0.417. The van der Waals surface area contributed by atoms with Gasteiger partial charge in [0.25, 0.3) is 0 Å². The average molecular weight is 188 g/mol. The van der Waals surface area contributed by atoms with Crippen molar-refractivity contribution in [1.29, 1.82) is 0 Å². The second kappa shape index (κ2) is 6.04. The third-order valence-corrected chi connectivity index (χ3v) is 1.93. The molecule has 0 amide bonds. The molecule has 0 atom stereocenters. The number of nitrogens with one attached hydrogen (secondary N) is 1. The SMILES string of the molecule is CC#CCCNc1ccnc(CC)c1. The van der Waals surface area contributed by atoms with Crippen LogP contribution in [0, 0.1) is 11.8 Å². The van der Waals surface area contributed by atoms with Crippen LogP contribution in [0.3, 0.4) is 0 Å². The summed E-state index contributed by atoms with van der Waals surface area (Å²) in [6, 6.07) is 4.07. The van der Waals surface area contributed by atoms with Crippen LogP contribution in [-0.2, 0) is 6.42 Å². The minimum Gasteiger partial charge on any atom is -0.384 e. The van der Waals surface area contributed by atoms with Gasteiger partial charge in [-0.3, -0.25) is 4.98 Å². The van der Waals surface area contributed by atoms with E-state index in [2.05, 4.69) is 35.1 Å². The lowest BCUT2D eigenvalue weighted by Gasteiger charge is -2.04. The van der Waals surface area contributed by atoms with E-state index in [0.29, 0.717) is 0 Å². The van der Waals surface area contributed by atoms with Crippen molar-refractivity contribution in [1.82, 2.24) is 4.98 Å². The Labute approximate surface area is 85.8 Å². The van der Waals surface area contributed by atoms with Crippen molar-refractivity contribution in [2.24, 2.45) is 0 Å². The molecule has 74 valence electrons. The van der Waals surface area contributed by atoms with Gasteiger partial charge in [0.15, 0.2) is 0 Å². The van der Waals surface area contributed by atoms with Gasteiger partial charge in [-0.1, -0.05) is 6.92 Å². The Morgan fingerprint density at radius 3 is 3.07 bits per heavy atom. The Hall–Kier alpha value is -1.49. The molecular weight excluding hydrogens is 172 g/mol. The largest absolute Gasteiger partial charge is 0.384 e. The fourth-order valence-corrected chi connectivity index (χ4v) is 1.18. The molecule has 2 nitrogen and oxygen atoms in total. The van der Waals surface area contributed by atoms with Gasteiger partial charge in [-0.25, -0.2) is 0 Å². The first kappa shape index (κ1) is 10.6. The molecular formula is C12H16N2. The number of aryl methyl sites for hydroxylation is 1. The van der Waals surface area contributed by atoms with Crippen molar-refractivity contribution in [3.05, 3.63) is 24.0 Å². The first-order valence-electron chi connectivity index (χ1n) is 4.95. The molecule has 1 N–H and O–H groups in total. The summed E-state index contributed by atoms with van der Waals surface area (Å²) in [7, 11) is 0. The highest BCUT2D eigenvalue weighted by Crippen LogP contribution is 2.07. The summed E-state index contributed by atoms with van der Waals surface area (Å²) in [5.74, 6) is 5.89. The number of anilines is 1. The number of nitrogens with zero attached hydrogens (tertiary/aromatic N) is 1. The van der Waals surface area contributed by atoms with Gasteiger partial charge >= 0.3 is 0 Å². The van der Waals surface area contributed by atoms with E-state index in [4.69, 9.17) is 0 Å². The average Bonchev–Trinajstić information content (AvgIpc) is 2.25. The Kier molecular flexibility index (Phi) is 4.57. The van der Waals surface area contributed by atoms with Crippen LogP contribution in [0.5, 0.6) is 0 Å². The summed E-state index contributed by atoms with van der Waals surface area (Å²) in [5, 5.41) is 3.31.